The number of rotatable bonds is 5. The molecule has 1 saturated heterocycles. The highest BCUT2D eigenvalue weighted by molar-refractivity contribution is 7.08. The van der Waals surface area contributed by atoms with Crippen molar-refractivity contribution < 1.29 is 4.74 Å². The van der Waals surface area contributed by atoms with E-state index >= 15 is 0 Å². The maximum atomic E-state index is 5.36. The van der Waals surface area contributed by atoms with E-state index in [0.29, 0.717) is 18.1 Å². The molecule has 22 heavy (non-hydrogen) atoms. The van der Waals surface area contributed by atoms with Crippen LogP contribution in [0, 0.1) is 5.92 Å². The van der Waals surface area contributed by atoms with Crippen molar-refractivity contribution in [1.29, 1.82) is 0 Å². The smallest absolute Gasteiger partial charge is 0.246 e. The molecule has 2 aromatic heterocycles. The molecule has 7 heteroatoms. The maximum absolute atomic E-state index is 5.36. The molecule has 0 bridgehead atoms. The molecule has 1 atom stereocenters. The van der Waals surface area contributed by atoms with Crippen molar-refractivity contribution in [2.24, 2.45) is 5.92 Å². The van der Waals surface area contributed by atoms with E-state index in [2.05, 4.69) is 37.3 Å². The number of tetrazole rings is 1. The van der Waals surface area contributed by atoms with Crippen LogP contribution in [0.5, 0.6) is 0 Å². The van der Waals surface area contributed by atoms with Gasteiger partial charge in [-0.3, -0.25) is 0 Å². The first-order valence-corrected chi connectivity index (χ1v) is 8.87. The molecule has 2 aromatic rings. The van der Waals surface area contributed by atoms with Crippen LogP contribution >= 0.6 is 11.3 Å². The van der Waals surface area contributed by atoms with Crippen LogP contribution in [0.2, 0.25) is 0 Å². The minimum Gasteiger partial charge on any atom is -0.381 e. The Hall–Kier alpha value is -1.47. The highest BCUT2D eigenvalue weighted by Crippen LogP contribution is 2.37. The zero-order chi connectivity index (χ0) is 14.9. The molecule has 118 valence electrons. The minimum atomic E-state index is 0.420. The standard InChI is InChI=1S/C15H21N5OS/c1-21-13-7-11(8-13)9-20-15(16-17-18-20)19-5-2-3-14(19)12-4-6-22-10-12/h4,6,10-11,13-14H,2-3,5,7-9H2,1H3. The summed E-state index contributed by atoms with van der Waals surface area (Å²) in [7, 11) is 1.79. The van der Waals surface area contributed by atoms with E-state index in [9.17, 15) is 0 Å². The molecule has 1 aliphatic carbocycles. The van der Waals surface area contributed by atoms with E-state index < -0.39 is 0 Å². The largest absolute Gasteiger partial charge is 0.381 e. The lowest BCUT2D eigenvalue weighted by Gasteiger charge is -2.34. The average molecular weight is 319 g/mol. The van der Waals surface area contributed by atoms with E-state index in [1.54, 1.807) is 18.4 Å². The number of anilines is 1. The number of thiophene rings is 1. The summed E-state index contributed by atoms with van der Waals surface area (Å²) < 4.78 is 7.35. The van der Waals surface area contributed by atoms with Crippen LogP contribution in [0.1, 0.15) is 37.3 Å². The second-order valence-corrected chi connectivity index (χ2v) is 7.04. The summed E-state index contributed by atoms with van der Waals surface area (Å²) >= 11 is 1.76. The molecule has 4 rings (SSSR count). The third-order valence-electron chi connectivity index (χ3n) is 4.91. The Labute approximate surface area is 134 Å². The molecule has 2 fully saturated rings. The molecule has 6 nitrogen and oxygen atoms in total. The van der Waals surface area contributed by atoms with Crippen molar-refractivity contribution in [2.45, 2.75) is 44.4 Å². The molecule has 2 aliphatic rings. The Kier molecular flexibility index (Phi) is 3.83. The highest BCUT2D eigenvalue weighted by Gasteiger charge is 2.33. The number of nitrogens with zero attached hydrogens (tertiary/aromatic N) is 5. The molecular weight excluding hydrogens is 298 g/mol. The van der Waals surface area contributed by atoms with E-state index in [4.69, 9.17) is 4.74 Å². The predicted octanol–water partition coefficient (Wildman–Crippen LogP) is 2.50. The zero-order valence-electron chi connectivity index (χ0n) is 12.8. The van der Waals surface area contributed by atoms with Gasteiger partial charge in [-0.25, -0.2) is 4.68 Å². The summed E-state index contributed by atoms with van der Waals surface area (Å²) in [6.45, 7) is 1.93. The quantitative estimate of drug-likeness (QED) is 0.847. The molecule has 0 amide bonds. The van der Waals surface area contributed by atoms with Crippen molar-refractivity contribution in [3.05, 3.63) is 22.4 Å². The van der Waals surface area contributed by atoms with Gasteiger partial charge in [-0.1, -0.05) is 5.10 Å². The minimum absolute atomic E-state index is 0.420. The lowest BCUT2D eigenvalue weighted by atomic mass is 9.82. The van der Waals surface area contributed by atoms with Gasteiger partial charge in [0.25, 0.3) is 0 Å². The fourth-order valence-electron chi connectivity index (χ4n) is 3.60. The molecule has 3 heterocycles. The molecule has 0 spiro atoms. The Morgan fingerprint density at radius 1 is 1.41 bits per heavy atom. The number of methoxy groups -OCH3 is 1. The van der Waals surface area contributed by atoms with Crippen molar-refractivity contribution in [2.75, 3.05) is 18.6 Å². The van der Waals surface area contributed by atoms with E-state index in [1.807, 2.05) is 4.68 Å². The summed E-state index contributed by atoms with van der Waals surface area (Å²) in [4.78, 5) is 2.37. The predicted molar refractivity (Wildman–Crippen MR) is 85.0 cm³/mol. The van der Waals surface area contributed by atoms with Gasteiger partial charge < -0.3 is 9.64 Å². The molecule has 1 saturated carbocycles. The Balaban J connectivity index is 1.49. The van der Waals surface area contributed by atoms with Crippen LogP contribution in [-0.4, -0.2) is 40.0 Å². The van der Waals surface area contributed by atoms with Gasteiger partial charge >= 0.3 is 0 Å². The van der Waals surface area contributed by atoms with Gasteiger partial charge in [-0.15, -0.1) is 0 Å². The average Bonchev–Trinajstić information content (AvgIpc) is 3.19. The van der Waals surface area contributed by atoms with Crippen LogP contribution in [0.3, 0.4) is 0 Å². The van der Waals surface area contributed by atoms with Crippen LogP contribution in [-0.2, 0) is 11.3 Å². The Bertz CT molecular complexity index is 607. The molecular formula is C15H21N5OS. The monoisotopic (exact) mass is 319 g/mol. The summed E-state index contributed by atoms with van der Waals surface area (Å²) in [5, 5.41) is 16.8. The summed E-state index contributed by atoms with van der Waals surface area (Å²) in [6, 6.07) is 2.64. The lowest BCUT2D eigenvalue weighted by Crippen LogP contribution is -2.34. The lowest BCUT2D eigenvalue weighted by molar-refractivity contribution is -0.00552. The molecule has 0 N–H and O–H groups in total. The van der Waals surface area contributed by atoms with Gasteiger partial charge in [0.2, 0.25) is 5.95 Å². The molecule has 0 aromatic carbocycles. The Morgan fingerprint density at radius 2 is 2.32 bits per heavy atom. The Morgan fingerprint density at radius 3 is 3.09 bits per heavy atom. The fraction of sp³-hybridized carbons (Fsp3) is 0.667. The molecule has 1 aliphatic heterocycles. The second-order valence-electron chi connectivity index (χ2n) is 6.26. The van der Waals surface area contributed by atoms with E-state index in [-0.39, 0.29) is 0 Å². The number of ether oxygens (including phenoxy) is 1. The summed E-state index contributed by atoms with van der Waals surface area (Å²) in [5.41, 5.74) is 1.39. The first-order valence-electron chi connectivity index (χ1n) is 7.93. The van der Waals surface area contributed by atoms with Gasteiger partial charge in [-0.2, -0.15) is 11.3 Å². The number of aromatic nitrogens is 4. The van der Waals surface area contributed by atoms with Gasteiger partial charge in [0.1, 0.15) is 0 Å². The first-order chi connectivity index (χ1) is 10.8. The van der Waals surface area contributed by atoms with Gasteiger partial charge in [-0.05, 0) is 64.4 Å². The number of hydrogen-bond acceptors (Lipinski definition) is 6. The van der Waals surface area contributed by atoms with Crippen LogP contribution in [0.4, 0.5) is 5.95 Å². The maximum Gasteiger partial charge on any atom is 0.246 e. The van der Waals surface area contributed by atoms with Crippen LogP contribution < -0.4 is 4.90 Å². The molecule has 1 unspecified atom stereocenters. The van der Waals surface area contributed by atoms with Gasteiger partial charge in [0, 0.05) is 20.2 Å². The summed E-state index contributed by atoms with van der Waals surface area (Å²) in [6.07, 6.45) is 5.03. The van der Waals surface area contributed by atoms with Crippen molar-refractivity contribution in [3.8, 4) is 0 Å². The van der Waals surface area contributed by atoms with Crippen LogP contribution in [0.15, 0.2) is 16.8 Å². The first kappa shape index (κ1) is 14.1. The summed E-state index contributed by atoms with van der Waals surface area (Å²) in [5.74, 6) is 1.56. The van der Waals surface area contributed by atoms with Crippen LogP contribution in [0.25, 0.3) is 0 Å². The van der Waals surface area contributed by atoms with Gasteiger partial charge in [0.15, 0.2) is 0 Å². The third-order valence-corrected chi connectivity index (χ3v) is 5.61. The number of hydrogen-bond donors (Lipinski definition) is 0. The van der Waals surface area contributed by atoms with Crippen molar-refractivity contribution in [3.63, 3.8) is 0 Å². The van der Waals surface area contributed by atoms with Gasteiger partial charge in [0.05, 0.1) is 12.1 Å². The topological polar surface area (TPSA) is 56.1 Å². The normalized spacial score (nSPS) is 28.0. The molecule has 0 radical (unpaired) electrons. The van der Waals surface area contributed by atoms with Crippen molar-refractivity contribution >= 4 is 17.3 Å². The SMILES string of the molecule is COC1CC(Cn2nnnc2N2CCCC2c2ccsc2)C1. The van der Waals surface area contributed by atoms with E-state index in [0.717, 1.165) is 31.9 Å². The zero-order valence-corrected chi connectivity index (χ0v) is 13.6. The highest BCUT2D eigenvalue weighted by atomic mass is 32.1. The van der Waals surface area contributed by atoms with Crippen molar-refractivity contribution in [1.82, 2.24) is 20.2 Å². The second kappa shape index (κ2) is 5.96. The third kappa shape index (κ3) is 2.52. The fourth-order valence-corrected chi connectivity index (χ4v) is 4.31. The van der Waals surface area contributed by atoms with E-state index in [1.165, 1.54) is 18.4 Å².